The number of hydrogen-bond acceptors (Lipinski definition) is 6. The summed E-state index contributed by atoms with van der Waals surface area (Å²) in [6.07, 6.45) is -1.14. The van der Waals surface area contributed by atoms with Crippen LogP contribution in [0.1, 0.15) is 64.3 Å². The lowest BCUT2D eigenvalue weighted by atomic mass is 9.92. The van der Waals surface area contributed by atoms with Gasteiger partial charge in [-0.3, -0.25) is 16.0 Å². The average Bonchev–Trinajstić information content (AvgIpc) is 3.63. The van der Waals surface area contributed by atoms with Gasteiger partial charge in [-0.1, -0.05) is 75.4 Å². The fraction of sp³-hybridized carbons (Fsp3) is 0.250. The van der Waals surface area contributed by atoms with Gasteiger partial charge in [0, 0.05) is 34.5 Å². The molecule has 0 aliphatic heterocycles. The molecule has 0 radical (unpaired) electrons. The molecule has 1 aliphatic carbocycles. The summed E-state index contributed by atoms with van der Waals surface area (Å²) < 4.78 is 12.7. The van der Waals surface area contributed by atoms with Crippen LogP contribution in [0.3, 0.4) is 0 Å². The number of aromatic nitrogens is 2. The molecule has 0 fully saturated rings. The van der Waals surface area contributed by atoms with Crippen molar-refractivity contribution in [3.05, 3.63) is 120 Å². The Kier molecular flexibility index (Phi) is 9.56. The quantitative estimate of drug-likeness (QED) is 0.135. The third kappa shape index (κ3) is 8.38. The van der Waals surface area contributed by atoms with Gasteiger partial charge >= 0.3 is 18.2 Å². The molecule has 0 atom stereocenters. The summed E-state index contributed by atoms with van der Waals surface area (Å²) in [6, 6.07) is 31.5. The third-order valence-corrected chi connectivity index (χ3v) is 8.19. The second kappa shape index (κ2) is 14.0. The summed E-state index contributed by atoms with van der Waals surface area (Å²) in [6.45, 7) is 11.7. The van der Waals surface area contributed by atoms with Gasteiger partial charge < -0.3 is 14.8 Å². The van der Waals surface area contributed by atoms with E-state index in [9.17, 15) is 14.4 Å². The molecule has 0 spiro atoms. The average molecular weight is 687 g/mol. The first kappa shape index (κ1) is 34.8. The fourth-order valence-corrected chi connectivity index (χ4v) is 5.84. The number of fused-ring (bicyclic) bond motifs is 3. The number of benzene rings is 4. The van der Waals surface area contributed by atoms with Gasteiger partial charge in [0.25, 0.3) is 0 Å². The molecule has 5 aromatic rings. The van der Waals surface area contributed by atoms with Crippen molar-refractivity contribution in [2.45, 2.75) is 58.5 Å². The Morgan fingerprint density at radius 1 is 0.667 bits per heavy atom. The Hall–Kier alpha value is -6.10. The molecule has 0 saturated carbocycles. The van der Waals surface area contributed by atoms with Crippen molar-refractivity contribution >= 4 is 41.1 Å². The Morgan fingerprint density at radius 3 is 1.86 bits per heavy atom. The molecule has 4 aromatic carbocycles. The number of nitrogens with zero attached hydrogens (tertiary/aromatic N) is 2. The number of carbonyl (C=O) groups excluding carboxylic acids is 3. The topological polar surface area (TPSA) is 136 Å². The van der Waals surface area contributed by atoms with E-state index < -0.39 is 23.8 Å². The molecule has 0 saturated heterocycles. The van der Waals surface area contributed by atoms with E-state index in [2.05, 4.69) is 45.5 Å². The number of anilines is 4. The molecule has 6 rings (SSSR count). The normalized spacial score (nSPS) is 12.4. The van der Waals surface area contributed by atoms with Gasteiger partial charge in [-0.05, 0) is 85.5 Å². The second-order valence-electron chi connectivity index (χ2n) is 14.4. The van der Waals surface area contributed by atoms with Crippen LogP contribution in [0, 0.1) is 0 Å². The lowest BCUT2D eigenvalue weighted by Crippen LogP contribution is -2.27. The van der Waals surface area contributed by atoms with Crippen molar-refractivity contribution in [1.82, 2.24) is 9.78 Å². The minimum atomic E-state index is -0.622. The highest BCUT2D eigenvalue weighted by molar-refractivity contribution is 5.99. The van der Waals surface area contributed by atoms with Crippen LogP contribution in [0.2, 0.25) is 0 Å². The Bertz CT molecular complexity index is 2030. The number of amides is 4. The van der Waals surface area contributed by atoms with E-state index in [1.165, 1.54) is 0 Å². The van der Waals surface area contributed by atoms with Crippen LogP contribution in [-0.2, 0) is 14.9 Å². The molecule has 4 amide bonds. The molecule has 0 unspecified atom stereocenters. The zero-order valence-corrected chi connectivity index (χ0v) is 29.5. The number of urea groups is 1. The highest BCUT2D eigenvalue weighted by Crippen LogP contribution is 2.44. The Morgan fingerprint density at radius 2 is 1.25 bits per heavy atom. The standard InChI is InChI=1S/C40H42N6O5/c1-39(2,3)34-23-35(44-36(47)41-25-18-20-26(21-19-25)42-38(49)51-40(4,5)6)46(45-34)28-13-11-12-27(22-28)43-37(48)50-24-33-31-16-9-7-14-29(31)30-15-8-10-17-32(30)33/h7-23,33H,24H2,1-6H3,(H,42,49)(H,43,48)(H2,41,44,47). The predicted octanol–water partition coefficient (Wildman–Crippen LogP) is 9.52. The maximum atomic E-state index is 13.2. The van der Waals surface area contributed by atoms with Gasteiger partial charge in [0.15, 0.2) is 0 Å². The molecular formula is C40H42N6O5. The monoisotopic (exact) mass is 686 g/mol. The maximum absolute atomic E-state index is 13.2. The van der Waals surface area contributed by atoms with Crippen LogP contribution in [0.5, 0.6) is 0 Å². The summed E-state index contributed by atoms with van der Waals surface area (Å²) in [5.74, 6) is 0.375. The van der Waals surface area contributed by atoms with E-state index in [0.29, 0.717) is 28.6 Å². The Balaban J connectivity index is 1.12. The van der Waals surface area contributed by atoms with Crippen LogP contribution < -0.4 is 21.3 Å². The number of ether oxygens (including phenoxy) is 2. The highest BCUT2D eigenvalue weighted by atomic mass is 16.6. The SMILES string of the molecule is CC(C)(C)OC(=O)Nc1ccc(NC(=O)Nc2cc(C(C)(C)C)nn2-c2cccc(NC(=O)OCC3c4ccccc4-c4ccccc43)c2)cc1. The maximum Gasteiger partial charge on any atom is 0.412 e. The lowest BCUT2D eigenvalue weighted by Gasteiger charge is -2.19. The van der Waals surface area contributed by atoms with E-state index in [0.717, 1.165) is 27.9 Å². The van der Waals surface area contributed by atoms with Crippen molar-refractivity contribution in [2.75, 3.05) is 27.9 Å². The second-order valence-corrected chi connectivity index (χ2v) is 14.4. The minimum Gasteiger partial charge on any atom is -0.448 e. The van der Waals surface area contributed by atoms with Crippen LogP contribution in [0.25, 0.3) is 16.8 Å². The van der Waals surface area contributed by atoms with E-state index >= 15 is 0 Å². The van der Waals surface area contributed by atoms with Gasteiger partial charge in [-0.15, -0.1) is 0 Å². The Labute approximate surface area is 297 Å². The smallest absolute Gasteiger partial charge is 0.412 e. The van der Waals surface area contributed by atoms with Crippen LogP contribution in [-0.4, -0.2) is 40.2 Å². The lowest BCUT2D eigenvalue weighted by molar-refractivity contribution is 0.0635. The fourth-order valence-electron chi connectivity index (χ4n) is 5.84. The molecule has 4 N–H and O–H groups in total. The number of carbonyl (C=O) groups is 3. The summed E-state index contributed by atoms with van der Waals surface area (Å²) in [5, 5.41) is 16.0. The van der Waals surface area contributed by atoms with Crippen molar-refractivity contribution in [2.24, 2.45) is 0 Å². The molecule has 11 heteroatoms. The molecule has 0 bridgehead atoms. The summed E-state index contributed by atoms with van der Waals surface area (Å²) in [4.78, 5) is 38.3. The van der Waals surface area contributed by atoms with Crippen molar-refractivity contribution in [1.29, 1.82) is 0 Å². The molecule has 1 aliphatic rings. The van der Waals surface area contributed by atoms with Gasteiger partial charge in [0.1, 0.15) is 18.0 Å². The minimum absolute atomic E-state index is 0.0546. The van der Waals surface area contributed by atoms with E-state index in [1.807, 2.05) is 57.2 Å². The van der Waals surface area contributed by atoms with E-state index in [1.54, 1.807) is 67.9 Å². The summed E-state index contributed by atoms with van der Waals surface area (Å²) in [7, 11) is 0. The van der Waals surface area contributed by atoms with E-state index in [-0.39, 0.29) is 17.9 Å². The first-order valence-electron chi connectivity index (χ1n) is 16.7. The van der Waals surface area contributed by atoms with Crippen LogP contribution >= 0.6 is 0 Å². The largest absolute Gasteiger partial charge is 0.448 e. The van der Waals surface area contributed by atoms with Crippen molar-refractivity contribution < 1.29 is 23.9 Å². The highest BCUT2D eigenvalue weighted by Gasteiger charge is 2.29. The number of hydrogen-bond donors (Lipinski definition) is 4. The third-order valence-electron chi connectivity index (χ3n) is 8.19. The molecule has 1 aromatic heterocycles. The molecule has 1 heterocycles. The molecule has 11 nitrogen and oxygen atoms in total. The predicted molar refractivity (Wildman–Crippen MR) is 200 cm³/mol. The zero-order chi connectivity index (χ0) is 36.3. The molecule has 262 valence electrons. The van der Waals surface area contributed by atoms with Crippen molar-refractivity contribution in [3.63, 3.8) is 0 Å². The first-order chi connectivity index (χ1) is 24.2. The van der Waals surface area contributed by atoms with Crippen LogP contribution in [0.15, 0.2) is 103 Å². The van der Waals surface area contributed by atoms with Crippen molar-refractivity contribution in [3.8, 4) is 16.8 Å². The molecule has 51 heavy (non-hydrogen) atoms. The van der Waals surface area contributed by atoms with E-state index in [4.69, 9.17) is 14.6 Å². The van der Waals surface area contributed by atoms with Gasteiger partial charge in [0.05, 0.1) is 11.4 Å². The van der Waals surface area contributed by atoms with Crippen LogP contribution in [0.4, 0.5) is 37.3 Å². The van der Waals surface area contributed by atoms with Gasteiger partial charge in [-0.25, -0.2) is 19.1 Å². The van der Waals surface area contributed by atoms with Gasteiger partial charge in [-0.2, -0.15) is 5.10 Å². The zero-order valence-electron chi connectivity index (χ0n) is 29.5. The summed E-state index contributed by atoms with van der Waals surface area (Å²) in [5.41, 5.74) is 6.58. The summed E-state index contributed by atoms with van der Waals surface area (Å²) >= 11 is 0. The first-order valence-corrected chi connectivity index (χ1v) is 16.7. The van der Waals surface area contributed by atoms with Gasteiger partial charge in [0.2, 0.25) is 0 Å². The number of nitrogens with one attached hydrogen (secondary N) is 4. The molecular weight excluding hydrogens is 644 g/mol. The number of rotatable bonds is 7.